The van der Waals surface area contributed by atoms with Crippen LogP contribution in [0.5, 0.6) is 11.5 Å². The van der Waals surface area contributed by atoms with Crippen molar-refractivity contribution < 1.29 is 42.9 Å². The summed E-state index contributed by atoms with van der Waals surface area (Å²) in [6.45, 7) is 6.28. The average Bonchev–Trinajstić information content (AvgIpc) is 2.71. The summed E-state index contributed by atoms with van der Waals surface area (Å²) < 4.78 is 25.3. The van der Waals surface area contributed by atoms with Crippen LogP contribution in [0.15, 0.2) is 18.2 Å². The summed E-state index contributed by atoms with van der Waals surface area (Å²) in [7, 11) is 1.20. The van der Waals surface area contributed by atoms with Gasteiger partial charge in [-0.2, -0.15) is 0 Å². The molecule has 10 nitrogen and oxygen atoms in total. The number of carbonyl (C=O) groups excluding carboxylic acids is 4. The average molecular weight is 468 g/mol. The number of benzene rings is 1. The number of carbonyl (C=O) groups is 4. The molecular weight excluding hydrogens is 434 g/mol. The molecule has 0 fully saturated rings. The third-order valence-corrected chi connectivity index (χ3v) is 4.54. The van der Waals surface area contributed by atoms with Crippen molar-refractivity contribution >= 4 is 24.1 Å². The van der Waals surface area contributed by atoms with E-state index >= 15 is 0 Å². The molecule has 0 saturated carbocycles. The van der Waals surface area contributed by atoms with Crippen molar-refractivity contribution in [2.45, 2.75) is 71.4 Å². The number of esters is 3. The summed E-state index contributed by atoms with van der Waals surface area (Å²) >= 11 is 0. The molecule has 0 aliphatic rings. The lowest BCUT2D eigenvalue weighted by molar-refractivity contribution is -0.148. The Hall–Kier alpha value is -3.14. The molecule has 10 heteroatoms. The highest BCUT2D eigenvalue weighted by molar-refractivity contribution is 5.81. The van der Waals surface area contributed by atoms with Gasteiger partial charge in [0.25, 0.3) is 0 Å². The van der Waals surface area contributed by atoms with Crippen LogP contribution >= 0.6 is 0 Å². The lowest BCUT2D eigenvalue weighted by Crippen LogP contribution is -2.53. The van der Waals surface area contributed by atoms with Crippen LogP contribution in [0.4, 0.5) is 4.79 Å². The smallest absolute Gasteiger partial charge is 0.468 e. The number of nitrogens with two attached hydrogens (primary N) is 1. The van der Waals surface area contributed by atoms with E-state index in [4.69, 9.17) is 29.4 Å². The Morgan fingerprint density at radius 1 is 1.03 bits per heavy atom. The molecule has 0 spiro atoms. The van der Waals surface area contributed by atoms with E-state index in [-0.39, 0.29) is 30.9 Å². The molecular formula is C23H33NO9. The maximum Gasteiger partial charge on any atom is 0.508 e. The van der Waals surface area contributed by atoms with E-state index in [0.717, 1.165) is 19.3 Å². The van der Waals surface area contributed by atoms with Gasteiger partial charge in [0.15, 0.2) is 11.5 Å². The summed E-state index contributed by atoms with van der Waals surface area (Å²) in [6.07, 6.45) is 0.977. The summed E-state index contributed by atoms with van der Waals surface area (Å²) in [6, 6.07) is 4.45. The molecule has 0 amide bonds. The van der Waals surface area contributed by atoms with Gasteiger partial charge in [-0.15, -0.1) is 0 Å². The maximum atomic E-state index is 12.5. The van der Waals surface area contributed by atoms with E-state index in [1.807, 2.05) is 6.92 Å². The lowest BCUT2D eigenvalue weighted by atomic mass is 9.86. The van der Waals surface area contributed by atoms with Crippen LogP contribution in [-0.4, -0.2) is 49.4 Å². The fraction of sp³-hybridized carbons (Fsp3) is 0.565. The first-order chi connectivity index (χ1) is 15.5. The molecule has 0 bridgehead atoms. The Morgan fingerprint density at radius 3 is 2.24 bits per heavy atom. The summed E-state index contributed by atoms with van der Waals surface area (Å²) in [4.78, 5) is 47.1. The molecule has 0 aliphatic heterocycles. The molecule has 0 radical (unpaired) electrons. The Labute approximate surface area is 193 Å². The Bertz CT molecular complexity index is 839. The first-order valence-electron chi connectivity index (χ1n) is 10.7. The van der Waals surface area contributed by atoms with Crippen LogP contribution in [0.1, 0.15) is 58.9 Å². The van der Waals surface area contributed by atoms with Gasteiger partial charge in [0, 0.05) is 26.7 Å². The normalized spacial score (nSPS) is 13.3. The Morgan fingerprint density at radius 2 is 1.67 bits per heavy atom. The molecule has 184 valence electrons. The van der Waals surface area contributed by atoms with Crippen molar-refractivity contribution in [3.63, 3.8) is 0 Å². The fourth-order valence-corrected chi connectivity index (χ4v) is 3.19. The first-order valence-corrected chi connectivity index (χ1v) is 10.7. The lowest BCUT2D eigenvalue weighted by Gasteiger charge is -2.29. The quantitative estimate of drug-likeness (QED) is 0.277. The summed E-state index contributed by atoms with van der Waals surface area (Å²) in [5.74, 6) is -1.88. The minimum absolute atomic E-state index is 0.00220. The third-order valence-electron chi connectivity index (χ3n) is 4.54. The van der Waals surface area contributed by atoms with E-state index in [0.29, 0.717) is 5.56 Å². The molecule has 1 rings (SSSR count). The second-order valence-corrected chi connectivity index (χ2v) is 7.73. The van der Waals surface area contributed by atoms with Crippen LogP contribution in [-0.2, 0) is 35.0 Å². The predicted molar refractivity (Wildman–Crippen MR) is 118 cm³/mol. The Balaban J connectivity index is 2.99. The number of hydrogen-bond donors (Lipinski definition) is 1. The molecule has 0 heterocycles. The maximum absolute atomic E-state index is 12.5. The number of unbranched alkanes of at least 4 members (excludes halogenated alkanes) is 2. The van der Waals surface area contributed by atoms with Gasteiger partial charge in [-0.05, 0) is 31.0 Å². The first kappa shape index (κ1) is 27.9. The SMILES string of the molecule is CCCCCOC(=O)O[C@@H](C)CC(N)(Cc1ccc(OC(C)=O)c(OC(C)=O)c1)C(=O)OC. The third kappa shape index (κ3) is 9.90. The highest BCUT2D eigenvalue weighted by Crippen LogP contribution is 2.31. The van der Waals surface area contributed by atoms with Gasteiger partial charge in [0.05, 0.1) is 13.7 Å². The summed E-state index contributed by atoms with van der Waals surface area (Å²) in [5.41, 5.74) is 5.31. The van der Waals surface area contributed by atoms with Crippen LogP contribution < -0.4 is 15.2 Å². The van der Waals surface area contributed by atoms with Crippen molar-refractivity contribution in [1.82, 2.24) is 0 Å². The Kier molecular flexibility index (Phi) is 11.3. The summed E-state index contributed by atoms with van der Waals surface area (Å²) in [5, 5.41) is 0. The zero-order valence-electron chi connectivity index (χ0n) is 19.8. The van der Waals surface area contributed by atoms with Crippen molar-refractivity contribution in [2.75, 3.05) is 13.7 Å². The zero-order chi connectivity index (χ0) is 25.0. The molecule has 2 atom stereocenters. The van der Waals surface area contributed by atoms with Gasteiger partial charge < -0.3 is 29.4 Å². The number of rotatable bonds is 12. The topological polar surface area (TPSA) is 140 Å². The van der Waals surface area contributed by atoms with Crippen LogP contribution in [0.25, 0.3) is 0 Å². The highest BCUT2D eigenvalue weighted by Gasteiger charge is 2.38. The van der Waals surface area contributed by atoms with E-state index in [2.05, 4.69) is 0 Å². The van der Waals surface area contributed by atoms with Gasteiger partial charge in [-0.25, -0.2) is 4.79 Å². The van der Waals surface area contributed by atoms with Crippen molar-refractivity contribution in [3.05, 3.63) is 23.8 Å². The largest absolute Gasteiger partial charge is 0.508 e. The number of methoxy groups -OCH3 is 1. The second kappa shape index (κ2) is 13.4. The minimum atomic E-state index is -1.56. The van der Waals surface area contributed by atoms with Crippen molar-refractivity contribution in [1.29, 1.82) is 0 Å². The second-order valence-electron chi connectivity index (χ2n) is 7.73. The van der Waals surface area contributed by atoms with Gasteiger partial charge in [-0.3, -0.25) is 14.4 Å². The molecule has 2 N–H and O–H groups in total. The van der Waals surface area contributed by atoms with Gasteiger partial charge in [0.1, 0.15) is 11.6 Å². The molecule has 1 aromatic carbocycles. The molecule has 1 aromatic rings. The van der Waals surface area contributed by atoms with E-state index in [1.165, 1.54) is 33.1 Å². The van der Waals surface area contributed by atoms with Crippen LogP contribution in [0, 0.1) is 0 Å². The fourth-order valence-electron chi connectivity index (χ4n) is 3.19. The minimum Gasteiger partial charge on any atom is -0.468 e. The monoisotopic (exact) mass is 467 g/mol. The van der Waals surface area contributed by atoms with Crippen molar-refractivity contribution in [2.24, 2.45) is 5.73 Å². The molecule has 1 unspecified atom stereocenters. The number of hydrogen-bond acceptors (Lipinski definition) is 10. The van der Waals surface area contributed by atoms with Gasteiger partial charge in [-0.1, -0.05) is 25.8 Å². The standard InChI is InChI=1S/C23H33NO9/c1-6-7-8-11-30-22(28)31-15(2)13-23(24,21(27)29-5)14-18-9-10-19(32-16(3)25)20(12-18)33-17(4)26/h9-10,12,15H,6-8,11,13-14,24H2,1-5H3/t15-,23?/m0/s1. The predicted octanol–water partition coefficient (Wildman–Crippen LogP) is 3.07. The molecule has 0 aromatic heterocycles. The highest BCUT2D eigenvalue weighted by atomic mass is 16.7. The number of ether oxygens (including phenoxy) is 5. The van der Waals surface area contributed by atoms with E-state index in [1.54, 1.807) is 13.0 Å². The van der Waals surface area contributed by atoms with Crippen LogP contribution in [0.2, 0.25) is 0 Å². The van der Waals surface area contributed by atoms with Gasteiger partial charge >= 0.3 is 24.1 Å². The molecule has 0 saturated heterocycles. The van der Waals surface area contributed by atoms with Gasteiger partial charge in [0.2, 0.25) is 0 Å². The van der Waals surface area contributed by atoms with E-state index < -0.39 is 35.7 Å². The molecule has 33 heavy (non-hydrogen) atoms. The molecule has 0 aliphatic carbocycles. The van der Waals surface area contributed by atoms with E-state index in [9.17, 15) is 19.2 Å². The van der Waals surface area contributed by atoms with Crippen molar-refractivity contribution in [3.8, 4) is 11.5 Å². The zero-order valence-corrected chi connectivity index (χ0v) is 19.8. The van der Waals surface area contributed by atoms with Crippen LogP contribution in [0.3, 0.4) is 0 Å².